The molecule has 2 amide bonds. The van der Waals surface area contributed by atoms with Gasteiger partial charge in [-0.1, -0.05) is 52.3 Å². The highest BCUT2D eigenvalue weighted by molar-refractivity contribution is 9.10. The van der Waals surface area contributed by atoms with E-state index in [2.05, 4.69) is 27.0 Å². The maximum absolute atomic E-state index is 14.2. The van der Waals surface area contributed by atoms with Crippen LogP contribution in [0.3, 0.4) is 0 Å². The number of amides is 2. The SMILES string of the molecule is O=C1[C@H]2Cc3c([nH]c4ccccc34)[C@@H](c3ccc(Br)cc3)N2C(=O)CN1C1CCN(Cc2c(F)cccc2F)CC1. The number of fused-ring (bicyclic) bond motifs is 4. The van der Waals surface area contributed by atoms with Gasteiger partial charge in [-0.25, -0.2) is 8.78 Å². The van der Waals surface area contributed by atoms with E-state index in [1.807, 2.05) is 47.4 Å². The first-order chi connectivity index (χ1) is 19.9. The number of carbonyl (C=O) groups excluding carboxylic acids is 2. The van der Waals surface area contributed by atoms with Crippen molar-refractivity contribution in [3.63, 3.8) is 0 Å². The summed E-state index contributed by atoms with van der Waals surface area (Å²) < 4.78 is 29.4. The molecular weight excluding hydrogens is 590 g/mol. The van der Waals surface area contributed by atoms with E-state index in [1.165, 1.54) is 18.2 Å². The number of benzene rings is 3. The van der Waals surface area contributed by atoms with E-state index in [-0.39, 0.29) is 42.6 Å². The van der Waals surface area contributed by atoms with Gasteiger partial charge in [0.1, 0.15) is 24.2 Å². The molecule has 3 aromatic carbocycles. The van der Waals surface area contributed by atoms with E-state index < -0.39 is 17.7 Å². The van der Waals surface area contributed by atoms with Crippen LogP contribution in [0.25, 0.3) is 10.9 Å². The fourth-order valence-electron chi connectivity index (χ4n) is 6.88. The average molecular weight is 620 g/mol. The summed E-state index contributed by atoms with van der Waals surface area (Å²) in [5.74, 6) is -1.18. The standard InChI is InChI=1S/C32H29BrF2N4O2/c33-20-10-8-19(9-11-20)31-30-23(22-4-1-2-7-27(22)36-30)16-28-32(41)38(18-29(40)39(28)31)21-12-14-37(15-13-21)17-24-25(34)5-3-6-26(24)35/h1-11,21,28,31,36H,12-18H2/t28-,31-/m1/s1. The minimum absolute atomic E-state index is 0.0266. The molecule has 210 valence electrons. The molecule has 2 saturated heterocycles. The predicted octanol–water partition coefficient (Wildman–Crippen LogP) is 5.56. The normalized spacial score (nSPS) is 21.8. The Morgan fingerprint density at radius 2 is 1.61 bits per heavy atom. The van der Waals surface area contributed by atoms with Crippen LogP contribution >= 0.6 is 15.9 Å². The molecule has 0 bridgehead atoms. The van der Waals surface area contributed by atoms with Gasteiger partial charge in [-0.05, 0) is 54.3 Å². The van der Waals surface area contributed by atoms with Crippen molar-refractivity contribution in [1.82, 2.24) is 19.7 Å². The van der Waals surface area contributed by atoms with E-state index in [9.17, 15) is 18.4 Å². The zero-order valence-electron chi connectivity index (χ0n) is 22.3. The number of likely N-dealkylation sites (tertiary alicyclic amines) is 1. The average Bonchev–Trinajstić information content (AvgIpc) is 3.35. The first-order valence-electron chi connectivity index (χ1n) is 14.0. The summed E-state index contributed by atoms with van der Waals surface area (Å²) in [4.78, 5) is 37.2. The third kappa shape index (κ3) is 4.55. The Morgan fingerprint density at radius 3 is 2.34 bits per heavy atom. The molecule has 0 saturated carbocycles. The molecule has 0 spiro atoms. The largest absolute Gasteiger partial charge is 0.356 e. The maximum atomic E-state index is 14.2. The Kier molecular flexibility index (Phi) is 6.66. The Labute approximate surface area is 245 Å². The lowest BCUT2D eigenvalue weighted by Crippen LogP contribution is -2.65. The molecule has 3 aliphatic heterocycles. The van der Waals surface area contributed by atoms with Gasteiger partial charge in [0.15, 0.2) is 0 Å². The molecule has 0 radical (unpaired) electrons. The zero-order chi connectivity index (χ0) is 28.2. The molecule has 7 rings (SSSR count). The van der Waals surface area contributed by atoms with Crippen LogP contribution in [0.5, 0.6) is 0 Å². The highest BCUT2D eigenvalue weighted by Crippen LogP contribution is 2.43. The van der Waals surface area contributed by atoms with Crippen LogP contribution in [0.1, 0.15) is 41.3 Å². The first kappa shape index (κ1) is 26.3. The van der Waals surface area contributed by atoms with Crippen LogP contribution in [0.2, 0.25) is 0 Å². The Morgan fingerprint density at radius 1 is 0.902 bits per heavy atom. The summed E-state index contributed by atoms with van der Waals surface area (Å²) in [5.41, 5.74) is 4.07. The van der Waals surface area contributed by atoms with Crippen molar-refractivity contribution in [2.45, 2.75) is 43.9 Å². The Bertz CT molecular complexity index is 1630. The molecule has 6 nitrogen and oxygen atoms in total. The lowest BCUT2D eigenvalue weighted by molar-refractivity contribution is -0.161. The van der Waals surface area contributed by atoms with Crippen molar-refractivity contribution < 1.29 is 18.4 Å². The van der Waals surface area contributed by atoms with Crippen LogP contribution in [0.15, 0.2) is 71.2 Å². The molecule has 4 aromatic rings. The molecule has 1 aromatic heterocycles. The fourth-order valence-corrected chi connectivity index (χ4v) is 7.15. The minimum Gasteiger partial charge on any atom is -0.356 e. The second kappa shape index (κ2) is 10.4. The van der Waals surface area contributed by atoms with Crippen molar-refractivity contribution in [3.8, 4) is 0 Å². The predicted molar refractivity (Wildman–Crippen MR) is 155 cm³/mol. The fraction of sp³-hybridized carbons (Fsp3) is 0.312. The second-order valence-corrected chi connectivity index (χ2v) is 12.1. The lowest BCUT2D eigenvalue weighted by atomic mass is 9.85. The number of halogens is 3. The third-order valence-electron chi connectivity index (χ3n) is 8.92. The number of nitrogens with one attached hydrogen (secondary N) is 1. The number of hydrogen-bond donors (Lipinski definition) is 1. The number of nitrogens with zero attached hydrogens (tertiary/aromatic N) is 3. The number of piperazine rings is 1. The number of aromatic amines is 1. The van der Waals surface area contributed by atoms with E-state index in [0.29, 0.717) is 32.4 Å². The van der Waals surface area contributed by atoms with Crippen molar-refractivity contribution in [1.29, 1.82) is 0 Å². The van der Waals surface area contributed by atoms with Crippen LogP contribution < -0.4 is 0 Å². The lowest BCUT2D eigenvalue weighted by Gasteiger charge is -2.49. The quantitative estimate of drug-likeness (QED) is 0.326. The molecule has 1 N–H and O–H groups in total. The molecule has 9 heteroatoms. The van der Waals surface area contributed by atoms with E-state index >= 15 is 0 Å². The number of piperidine rings is 1. The number of rotatable bonds is 4. The molecule has 4 heterocycles. The topological polar surface area (TPSA) is 59.7 Å². The minimum atomic E-state index is -0.595. The monoisotopic (exact) mass is 618 g/mol. The van der Waals surface area contributed by atoms with Crippen molar-refractivity contribution in [2.24, 2.45) is 0 Å². The number of para-hydroxylation sites is 1. The summed E-state index contributed by atoms with van der Waals surface area (Å²) in [6, 6.07) is 18.9. The molecule has 2 fully saturated rings. The Balaban J connectivity index is 1.16. The van der Waals surface area contributed by atoms with Gasteiger partial charge in [-0.3, -0.25) is 14.5 Å². The van der Waals surface area contributed by atoms with Crippen LogP contribution in [0.4, 0.5) is 8.78 Å². The molecule has 3 aliphatic rings. The molecule has 0 unspecified atom stereocenters. The number of H-pyrrole nitrogens is 1. The first-order valence-corrected chi connectivity index (χ1v) is 14.8. The van der Waals surface area contributed by atoms with Gasteiger partial charge in [0, 0.05) is 58.7 Å². The summed E-state index contributed by atoms with van der Waals surface area (Å²) >= 11 is 3.51. The van der Waals surface area contributed by atoms with Gasteiger partial charge in [-0.2, -0.15) is 0 Å². The zero-order valence-corrected chi connectivity index (χ0v) is 23.9. The van der Waals surface area contributed by atoms with E-state index in [0.717, 1.165) is 32.2 Å². The van der Waals surface area contributed by atoms with Gasteiger partial charge in [-0.15, -0.1) is 0 Å². The highest BCUT2D eigenvalue weighted by Gasteiger charge is 2.49. The van der Waals surface area contributed by atoms with Crippen molar-refractivity contribution >= 4 is 38.6 Å². The second-order valence-electron chi connectivity index (χ2n) is 11.2. The number of hydrogen-bond acceptors (Lipinski definition) is 3. The number of aromatic nitrogens is 1. The van der Waals surface area contributed by atoms with Gasteiger partial charge in [0.2, 0.25) is 11.8 Å². The van der Waals surface area contributed by atoms with Crippen molar-refractivity contribution in [2.75, 3.05) is 19.6 Å². The molecular formula is C32H29BrF2N4O2. The van der Waals surface area contributed by atoms with Crippen molar-refractivity contribution in [3.05, 3.63) is 105 Å². The molecule has 0 aliphatic carbocycles. The van der Waals surface area contributed by atoms with Crippen LogP contribution in [0, 0.1) is 11.6 Å². The summed E-state index contributed by atoms with van der Waals surface area (Å²) in [5, 5.41) is 1.08. The highest BCUT2D eigenvalue weighted by atomic mass is 79.9. The van der Waals surface area contributed by atoms with Gasteiger partial charge in [0.25, 0.3) is 0 Å². The van der Waals surface area contributed by atoms with Crippen LogP contribution in [-0.2, 0) is 22.6 Å². The molecule has 41 heavy (non-hydrogen) atoms. The summed E-state index contributed by atoms with van der Waals surface area (Å²) in [6.45, 7) is 1.41. The van der Waals surface area contributed by atoms with Gasteiger partial charge in [0.05, 0.1) is 6.04 Å². The maximum Gasteiger partial charge on any atom is 0.246 e. The van der Waals surface area contributed by atoms with Gasteiger partial charge >= 0.3 is 0 Å². The van der Waals surface area contributed by atoms with E-state index in [4.69, 9.17) is 0 Å². The Hall–Kier alpha value is -3.56. The van der Waals surface area contributed by atoms with Gasteiger partial charge < -0.3 is 14.8 Å². The summed E-state index contributed by atoms with van der Waals surface area (Å²) in [6.07, 6.45) is 1.76. The third-order valence-corrected chi connectivity index (χ3v) is 9.45. The smallest absolute Gasteiger partial charge is 0.246 e. The molecule has 2 atom stereocenters. The van der Waals surface area contributed by atoms with Crippen LogP contribution in [-0.4, -0.2) is 63.2 Å². The number of carbonyl (C=O) groups is 2. The van der Waals surface area contributed by atoms with E-state index in [1.54, 1.807) is 9.80 Å². The summed E-state index contributed by atoms with van der Waals surface area (Å²) in [7, 11) is 0.